The quantitative estimate of drug-likeness (QED) is 0.539. The number of carbonyl (C=O) groups is 2. The molecule has 0 fully saturated rings. The molecule has 2 atom stereocenters. The van der Waals surface area contributed by atoms with Gasteiger partial charge in [0, 0.05) is 12.6 Å². The van der Waals surface area contributed by atoms with Crippen molar-refractivity contribution in [1.29, 1.82) is 0 Å². The van der Waals surface area contributed by atoms with Crippen LogP contribution in [0.3, 0.4) is 0 Å². The van der Waals surface area contributed by atoms with Gasteiger partial charge in [-0.15, -0.1) is 0 Å². The third-order valence-electron chi connectivity index (χ3n) is 5.40. The van der Waals surface area contributed by atoms with Crippen LogP contribution < -0.4 is 14.4 Å². The lowest BCUT2D eigenvalue weighted by Gasteiger charge is -2.32. The van der Waals surface area contributed by atoms with Gasteiger partial charge in [0.1, 0.15) is 18.3 Å². The Morgan fingerprint density at radius 2 is 1.64 bits per heavy atom. The van der Waals surface area contributed by atoms with E-state index in [1.807, 2.05) is 44.2 Å². The van der Waals surface area contributed by atoms with Gasteiger partial charge in [-0.2, -0.15) is 0 Å². The Morgan fingerprint density at radius 1 is 1.03 bits per heavy atom. The summed E-state index contributed by atoms with van der Waals surface area (Å²) in [5, 5.41) is 2.90. The number of nitrogens with zero attached hydrogens (tertiary/aromatic N) is 2. The Kier molecular flexibility index (Phi) is 9.28. The van der Waals surface area contributed by atoms with E-state index in [-0.39, 0.29) is 18.5 Å². The van der Waals surface area contributed by atoms with Crippen molar-refractivity contribution in [3.63, 3.8) is 0 Å². The lowest BCUT2D eigenvalue weighted by Crippen LogP contribution is -2.52. The smallest absolute Gasteiger partial charge is 0.244 e. The van der Waals surface area contributed by atoms with E-state index in [2.05, 4.69) is 5.32 Å². The van der Waals surface area contributed by atoms with Crippen LogP contribution in [0, 0.1) is 0 Å². The predicted octanol–water partition coefficient (Wildman–Crippen LogP) is 2.79. The number of carbonyl (C=O) groups excluding carboxylic acids is 2. The minimum absolute atomic E-state index is 0.0413. The van der Waals surface area contributed by atoms with E-state index in [1.54, 1.807) is 31.2 Å². The van der Waals surface area contributed by atoms with Crippen LogP contribution >= 0.6 is 0 Å². The third kappa shape index (κ3) is 7.49. The molecular weight excluding hydrogens is 442 g/mol. The van der Waals surface area contributed by atoms with Crippen LogP contribution in [0.25, 0.3) is 0 Å². The van der Waals surface area contributed by atoms with Crippen molar-refractivity contribution in [3.05, 3.63) is 60.2 Å². The molecule has 0 aliphatic carbocycles. The van der Waals surface area contributed by atoms with E-state index in [9.17, 15) is 18.0 Å². The van der Waals surface area contributed by atoms with Gasteiger partial charge in [0.2, 0.25) is 21.8 Å². The first-order valence-electron chi connectivity index (χ1n) is 10.8. The lowest BCUT2D eigenvalue weighted by atomic mass is 10.1. The summed E-state index contributed by atoms with van der Waals surface area (Å²) >= 11 is 0. The van der Waals surface area contributed by atoms with Gasteiger partial charge in [-0.3, -0.25) is 13.9 Å². The zero-order chi connectivity index (χ0) is 24.6. The Bertz CT molecular complexity index is 1030. The van der Waals surface area contributed by atoms with Gasteiger partial charge in [-0.05, 0) is 50.1 Å². The molecule has 33 heavy (non-hydrogen) atoms. The number of nitrogens with one attached hydrogen (secondary N) is 1. The molecule has 180 valence electrons. The summed E-state index contributed by atoms with van der Waals surface area (Å²) in [6.07, 6.45) is 1.80. The predicted molar refractivity (Wildman–Crippen MR) is 130 cm³/mol. The Balaban J connectivity index is 2.34. The number of rotatable bonds is 11. The number of ether oxygens (including phenoxy) is 1. The summed E-state index contributed by atoms with van der Waals surface area (Å²) in [6.45, 7) is 5.25. The van der Waals surface area contributed by atoms with E-state index >= 15 is 0 Å². The highest BCUT2D eigenvalue weighted by Crippen LogP contribution is 2.22. The molecule has 1 N–H and O–H groups in total. The number of hydrogen-bond donors (Lipinski definition) is 1. The highest BCUT2D eigenvalue weighted by atomic mass is 32.2. The molecule has 8 nitrogen and oxygen atoms in total. The lowest BCUT2D eigenvalue weighted by molar-refractivity contribution is -0.139. The monoisotopic (exact) mass is 475 g/mol. The first kappa shape index (κ1) is 26.2. The van der Waals surface area contributed by atoms with Gasteiger partial charge < -0.3 is 15.0 Å². The van der Waals surface area contributed by atoms with Crippen molar-refractivity contribution < 1.29 is 22.7 Å². The molecule has 0 saturated heterocycles. The molecule has 2 rings (SSSR count). The van der Waals surface area contributed by atoms with Gasteiger partial charge in [-0.25, -0.2) is 8.42 Å². The van der Waals surface area contributed by atoms with Crippen LogP contribution in [0.1, 0.15) is 32.8 Å². The fourth-order valence-electron chi connectivity index (χ4n) is 3.19. The maximum absolute atomic E-state index is 13.4. The van der Waals surface area contributed by atoms with Gasteiger partial charge >= 0.3 is 0 Å². The minimum atomic E-state index is -3.76. The molecule has 9 heteroatoms. The van der Waals surface area contributed by atoms with Crippen LogP contribution in [0.2, 0.25) is 0 Å². The molecule has 0 unspecified atom stereocenters. The molecule has 0 heterocycles. The fourth-order valence-corrected chi connectivity index (χ4v) is 4.04. The standard InChI is InChI=1S/C24H33N3O5S/c1-6-18(2)25-24(29)19(3)26(16-20-10-8-7-9-11-20)23(28)17-27(33(5,30)31)21-12-14-22(32-4)15-13-21/h7-15,18-19H,6,16-17H2,1-5H3,(H,25,29)/t18-,19+/m0/s1. The minimum Gasteiger partial charge on any atom is -0.497 e. The Hall–Kier alpha value is -3.07. The van der Waals surface area contributed by atoms with Crippen molar-refractivity contribution >= 4 is 27.5 Å². The van der Waals surface area contributed by atoms with Crippen molar-refractivity contribution in [2.75, 3.05) is 24.2 Å². The molecule has 2 amide bonds. The van der Waals surface area contributed by atoms with Crippen LogP contribution in [-0.2, 0) is 26.2 Å². The molecule has 2 aromatic carbocycles. The second-order valence-electron chi connectivity index (χ2n) is 7.97. The SMILES string of the molecule is CC[C@H](C)NC(=O)[C@@H](C)N(Cc1ccccc1)C(=O)CN(c1ccc(OC)cc1)S(C)(=O)=O. The highest BCUT2D eigenvalue weighted by molar-refractivity contribution is 7.92. The first-order chi connectivity index (χ1) is 15.6. The molecule has 0 aliphatic heterocycles. The van der Waals surface area contributed by atoms with Gasteiger partial charge in [0.25, 0.3) is 0 Å². The molecule has 2 aromatic rings. The molecular formula is C24H33N3O5S. The summed E-state index contributed by atoms with van der Waals surface area (Å²) in [6, 6.07) is 14.9. The molecule has 0 aliphatic rings. The number of sulfonamides is 1. The summed E-state index contributed by atoms with van der Waals surface area (Å²) in [7, 11) is -2.25. The topological polar surface area (TPSA) is 96.0 Å². The van der Waals surface area contributed by atoms with Crippen LogP contribution in [0.4, 0.5) is 5.69 Å². The average molecular weight is 476 g/mol. The van der Waals surface area contributed by atoms with Crippen molar-refractivity contribution in [3.8, 4) is 5.75 Å². The zero-order valence-electron chi connectivity index (χ0n) is 19.8. The van der Waals surface area contributed by atoms with E-state index in [0.717, 1.165) is 22.5 Å². The fraction of sp³-hybridized carbons (Fsp3) is 0.417. The molecule has 0 saturated carbocycles. The number of benzene rings is 2. The number of anilines is 1. The van der Waals surface area contributed by atoms with Gasteiger partial charge in [0.15, 0.2) is 0 Å². The van der Waals surface area contributed by atoms with Crippen molar-refractivity contribution in [2.45, 2.75) is 45.8 Å². The summed E-state index contributed by atoms with van der Waals surface area (Å²) in [4.78, 5) is 27.6. The maximum Gasteiger partial charge on any atom is 0.244 e. The Labute approximate surface area is 196 Å². The molecule has 0 bridgehead atoms. The maximum atomic E-state index is 13.4. The second-order valence-corrected chi connectivity index (χ2v) is 9.88. The van der Waals surface area contributed by atoms with E-state index < -0.39 is 28.5 Å². The van der Waals surface area contributed by atoms with E-state index in [0.29, 0.717) is 11.4 Å². The van der Waals surface area contributed by atoms with Crippen LogP contribution in [-0.4, -0.2) is 57.1 Å². The van der Waals surface area contributed by atoms with Gasteiger partial charge in [-0.1, -0.05) is 37.3 Å². The van der Waals surface area contributed by atoms with Crippen LogP contribution in [0.5, 0.6) is 5.75 Å². The largest absolute Gasteiger partial charge is 0.497 e. The van der Waals surface area contributed by atoms with Crippen LogP contribution in [0.15, 0.2) is 54.6 Å². The molecule has 0 aromatic heterocycles. The van der Waals surface area contributed by atoms with E-state index in [1.165, 1.54) is 12.0 Å². The zero-order valence-corrected chi connectivity index (χ0v) is 20.6. The van der Waals surface area contributed by atoms with Crippen molar-refractivity contribution in [1.82, 2.24) is 10.2 Å². The summed E-state index contributed by atoms with van der Waals surface area (Å²) < 4.78 is 31.2. The number of hydrogen-bond acceptors (Lipinski definition) is 5. The first-order valence-corrected chi connectivity index (χ1v) is 12.7. The van der Waals surface area contributed by atoms with E-state index in [4.69, 9.17) is 4.74 Å². The second kappa shape index (κ2) is 11.7. The molecule has 0 radical (unpaired) electrons. The van der Waals surface area contributed by atoms with Gasteiger partial charge in [0.05, 0.1) is 19.1 Å². The normalized spacial score (nSPS) is 13.0. The number of methoxy groups -OCH3 is 1. The summed E-state index contributed by atoms with van der Waals surface area (Å²) in [5.74, 6) is -0.199. The van der Waals surface area contributed by atoms with Crippen molar-refractivity contribution in [2.24, 2.45) is 0 Å². The highest BCUT2D eigenvalue weighted by Gasteiger charge is 2.30. The average Bonchev–Trinajstić information content (AvgIpc) is 2.80. The molecule has 0 spiro atoms. The number of amides is 2. The third-order valence-corrected chi connectivity index (χ3v) is 6.54. The summed E-state index contributed by atoms with van der Waals surface area (Å²) in [5.41, 5.74) is 1.17. The Morgan fingerprint density at radius 3 is 2.15 bits per heavy atom.